The summed E-state index contributed by atoms with van der Waals surface area (Å²) in [6.45, 7) is 4.42. The number of rotatable bonds is 5. The molecule has 0 aliphatic rings. The summed E-state index contributed by atoms with van der Waals surface area (Å²) in [7, 11) is 0. The summed E-state index contributed by atoms with van der Waals surface area (Å²) in [6.07, 6.45) is 1.39. The van der Waals surface area contributed by atoms with Gasteiger partial charge in [0.15, 0.2) is 0 Å². The number of hydrogen-bond donors (Lipinski definition) is 1. The fourth-order valence-corrected chi connectivity index (χ4v) is 1.71. The van der Waals surface area contributed by atoms with Crippen molar-refractivity contribution in [3.8, 4) is 0 Å². The molecule has 0 bridgehead atoms. The molecule has 0 aliphatic heterocycles. The van der Waals surface area contributed by atoms with Crippen LogP contribution in [0.5, 0.6) is 0 Å². The topological polar surface area (TPSA) is 42.0 Å². The molecule has 0 fully saturated rings. The summed E-state index contributed by atoms with van der Waals surface area (Å²) in [4.78, 5) is 15.5. The molecule has 1 heterocycles. The Labute approximate surface area is 103 Å². The van der Waals surface area contributed by atoms with Crippen molar-refractivity contribution in [1.29, 1.82) is 0 Å². The van der Waals surface area contributed by atoms with E-state index in [0.29, 0.717) is 12.5 Å². The van der Waals surface area contributed by atoms with Gasteiger partial charge in [0, 0.05) is 12.7 Å². The molecule has 0 aliphatic carbocycles. The summed E-state index contributed by atoms with van der Waals surface area (Å²) >= 11 is 0.282. The summed E-state index contributed by atoms with van der Waals surface area (Å²) in [5, 5.41) is 2.73. The van der Waals surface area contributed by atoms with Crippen LogP contribution in [-0.2, 0) is 0 Å². The molecular formula is C11H14F2N2OS. The minimum absolute atomic E-state index is 0.0590. The van der Waals surface area contributed by atoms with E-state index in [0.717, 1.165) is 0 Å². The van der Waals surface area contributed by atoms with Crippen molar-refractivity contribution in [3.05, 3.63) is 23.9 Å². The van der Waals surface area contributed by atoms with Gasteiger partial charge in [-0.3, -0.25) is 4.79 Å². The molecule has 0 aromatic carbocycles. The van der Waals surface area contributed by atoms with Crippen LogP contribution in [0.4, 0.5) is 8.78 Å². The predicted molar refractivity (Wildman–Crippen MR) is 63.3 cm³/mol. The molecule has 0 unspecified atom stereocenters. The maximum atomic E-state index is 12.3. The molecule has 3 nitrogen and oxygen atoms in total. The van der Waals surface area contributed by atoms with Gasteiger partial charge in [-0.2, -0.15) is 8.78 Å². The predicted octanol–water partition coefficient (Wildman–Crippen LogP) is 2.78. The zero-order valence-electron chi connectivity index (χ0n) is 9.61. The molecule has 0 saturated carbocycles. The first-order valence-corrected chi connectivity index (χ1v) is 6.06. The number of amides is 1. The van der Waals surface area contributed by atoms with E-state index in [9.17, 15) is 13.6 Å². The fourth-order valence-electron chi connectivity index (χ4n) is 1.13. The maximum absolute atomic E-state index is 12.3. The Balaban J connectivity index is 2.78. The van der Waals surface area contributed by atoms with Gasteiger partial charge in [-0.05, 0) is 29.8 Å². The first-order valence-electron chi connectivity index (χ1n) is 5.18. The summed E-state index contributed by atoms with van der Waals surface area (Å²) < 4.78 is 24.5. The van der Waals surface area contributed by atoms with Crippen molar-refractivity contribution in [2.24, 2.45) is 5.92 Å². The normalized spacial score (nSPS) is 10.9. The van der Waals surface area contributed by atoms with E-state index in [-0.39, 0.29) is 28.3 Å². The molecule has 94 valence electrons. The molecule has 0 atom stereocenters. The van der Waals surface area contributed by atoms with Gasteiger partial charge in [-0.15, -0.1) is 0 Å². The van der Waals surface area contributed by atoms with E-state index in [1.165, 1.54) is 12.3 Å². The van der Waals surface area contributed by atoms with Crippen LogP contribution in [-0.4, -0.2) is 23.2 Å². The third kappa shape index (κ3) is 4.68. The van der Waals surface area contributed by atoms with E-state index in [4.69, 9.17) is 0 Å². The molecule has 1 aromatic rings. The van der Waals surface area contributed by atoms with Crippen LogP contribution in [0.25, 0.3) is 0 Å². The third-order valence-corrected chi connectivity index (χ3v) is 2.61. The number of halogens is 2. The molecule has 1 amide bonds. The molecule has 17 heavy (non-hydrogen) atoms. The Morgan fingerprint density at radius 3 is 2.82 bits per heavy atom. The minimum Gasteiger partial charge on any atom is -0.352 e. The van der Waals surface area contributed by atoms with Crippen LogP contribution in [0.2, 0.25) is 0 Å². The number of carbonyl (C=O) groups excluding carboxylic acids is 1. The Kier molecular flexibility index (Phi) is 5.34. The third-order valence-electron chi connectivity index (χ3n) is 1.89. The van der Waals surface area contributed by atoms with Crippen LogP contribution >= 0.6 is 11.8 Å². The summed E-state index contributed by atoms with van der Waals surface area (Å²) in [6, 6.07) is 3.05. The second-order valence-corrected chi connectivity index (χ2v) is 4.82. The van der Waals surface area contributed by atoms with Crippen LogP contribution in [0.15, 0.2) is 23.4 Å². The van der Waals surface area contributed by atoms with Gasteiger partial charge < -0.3 is 5.32 Å². The highest BCUT2D eigenvalue weighted by Gasteiger charge is 2.16. The number of nitrogens with zero attached hydrogens (tertiary/aromatic N) is 1. The van der Waals surface area contributed by atoms with E-state index in [2.05, 4.69) is 10.3 Å². The van der Waals surface area contributed by atoms with Crippen molar-refractivity contribution >= 4 is 17.7 Å². The molecule has 0 spiro atoms. The molecule has 1 aromatic heterocycles. The van der Waals surface area contributed by atoms with Crippen LogP contribution in [0.1, 0.15) is 24.2 Å². The Morgan fingerprint density at radius 2 is 2.24 bits per heavy atom. The van der Waals surface area contributed by atoms with E-state index in [1.807, 2.05) is 13.8 Å². The van der Waals surface area contributed by atoms with Gasteiger partial charge in [0.25, 0.3) is 11.7 Å². The van der Waals surface area contributed by atoms with Crippen molar-refractivity contribution in [1.82, 2.24) is 10.3 Å². The average molecular weight is 260 g/mol. The molecule has 1 N–H and O–H groups in total. The van der Waals surface area contributed by atoms with E-state index < -0.39 is 5.76 Å². The molecule has 6 heteroatoms. The number of nitrogens with one attached hydrogen (secondary N) is 1. The molecule has 1 rings (SSSR count). The number of carbonyl (C=O) groups is 1. The first kappa shape index (κ1) is 13.9. The highest BCUT2D eigenvalue weighted by atomic mass is 32.2. The van der Waals surface area contributed by atoms with Crippen molar-refractivity contribution in [2.75, 3.05) is 6.54 Å². The minimum atomic E-state index is -2.58. The quantitative estimate of drug-likeness (QED) is 0.828. The van der Waals surface area contributed by atoms with Gasteiger partial charge in [-0.1, -0.05) is 13.8 Å². The molecule has 0 saturated heterocycles. The number of thioether (sulfide) groups is 1. The SMILES string of the molecule is CC(C)CNC(=O)c1cccnc1SC(F)F. The highest BCUT2D eigenvalue weighted by Crippen LogP contribution is 2.26. The summed E-state index contributed by atoms with van der Waals surface area (Å²) in [5.41, 5.74) is 0.193. The second kappa shape index (κ2) is 6.54. The Hall–Kier alpha value is -1.17. The van der Waals surface area contributed by atoms with Gasteiger partial charge in [0.1, 0.15) is 5.03 Å². The Morgan fingerprint density at radius 1 is 1.53 bits per heavy atom. The van der Waals surface area contributed by atoms with Crippen LogP contribution in [0, 0.1) is 5.92 Å². The van der Waals surface area contributed by atoms with E-state index >= 15 is 0 Å². The number of hydrogen-bond acceptors (Lipinski definition) is 3. The second-order valence-electron chi connectivity index (χ2n) is 3.84. The van der Waals surface area contributed by atoms with Crippen LogP contribution in [0.3, 0.4) is 0 Å². The summed E-state index contributed by atoms with van der Waals surface area (Å²) in [5.74, 6) is -2.64. The van der Waals surface area contributed by atoms with E-state index in [1.54, 1.807) is 6.07 Å². The van der Waals surface area contributed by atoms with Gasteiger partial charge in [0.2, 0.25) is 0 Å². The maximum Gasteiger partial charge on any atom is 0.290 e. The first-order chi connectivity index (χ1) is 8.00. The van der Waals surface area contributed by atoms with Gasteiger partial charge in [0.05, 0.1) is 5.56 Å². The standard InChI is InChI=1S/C11H14F2N2OS/c1-7(2)6-15-9(16)8-4-3-5-14-10(8)17-11(12)13/h3-5,7,11H,6H2,1-2H3,(H,15,16). The fraction of sp³-hybridized carbons (Fsp3) is 0.455. The zero-order chi connectivity index (χ0) is 12.8. The lowest BCUT2D eigenvalue weighted by atomic mass is 10.2. The largest absolute Gasteiger partial charge is 0.352 e. The smallest absolute Gasteiger partial charge is 0.290 e. The number of aromatic nitrogens is 1. The molecular weight excluding hydrogens is 246 g/mol. The monoisotopic (exact) mass is 260 g/mol. The highest BCUT2D eigenvalue weighted by molar-refractivity contribution is 7.99. The molecule has 0 radical (unpaired) electrons. The van der Waals surface area contributed by atoms with Crippen LogP contribution < -0.4 is 5.32 Å². The number of pyridine rings is 1. The average Bonchev–Trinajstić information content (AvgIpc) is 2.25. The zero-order valence-corrected chi connectivity index (χ0v) is 10.4. The lowest BCUT2D eigenvalue weighted by molar-refractivity contribution is 0.0945. The van der Waals surface area contributed by atoms with Crippen molar-refractivity contribution in [2.45, 2.75) is 24.6 Å². The lowest BCUT2D eigenvalue weighted by Crippen LogP contribution is -2.27. The van der Waals surface area contributed by atoms with Gasteiger partial charge in [-0.25, -0.2) is 4.98 Å². The van der Waals surface area contributed by atoms with Gasteiger partial charge >= 0.3 is 0 Å². The number of alkyl halides is 2. The Bertz CT molecular complexity index is 385. The lowest BCUT2D eigenvalue weighted by Gasteiger charge is -2.10. The van der Waals surface area contributed by atoms with Crippen molar-refractivity contribution < 1.29 is 13.6 Å². The van der Waals surface area contributed by atoms with Crippen molar-refractivity contribution in [3.63, 3.8) is 0 Å².